The third-order valence-electron chi connectivity index (χ3n) is 7.23. The van der Waals surface area contributed by atoms with Gasteiger partial charge < -0.3 is 24.8 Å². The van der Waals surface area contributed by atoms with E-state index in [4.69, 9.17) is 4.74 Å². The number of pyridine rings is 1. The molecule has 1 aliphatic heterocycles. The summed E-state index contributed by atoms with van der Waals surface area (Å²) in [6.07, 6.45) is -1.84. The van der Waals surface area contributed by atoms with Gasteiger partial charge in [-0.15, -0.1) is 0 Å². The number of rotatable bonds is 9. The van der Waals surface area contributed by atoms with Crippen molar-refractivity contribution < 1.29 is 22.7 Å². The first kappa shape index (κ1) is 29.1. The predicted molar refractivity (Wildman–Crippen MR) is 156 cm³/mol. The molecule has 1 fully saturated rings. The lowest BCUT2D eigenvalue weighted by Gasteiger charge is -2.34. The van der Waals surface area contributed by atoms with Crippen LogP contribution in [0.5, 0.6) is 11.5 Å². The number of aryl methyl sites for hydroxylation is 1. The van der Waals surface area contributed by atoms with Crippen molar-refractivity contribution in [2.24, 2.45) is 7.05 Å². The Kier molecular flexibility index (Phi) is 8.46. The molecule has 4 aromatic rings. The van der Waals surface area contributed by atoms with E-state index in [9.17, 15) is 18.0 Å². The maximum Gasteiger partial charge on any atom is 0.416 e. The summed E-state index contributed by atoms with van der Waals surface area (Å²) < 4.78 is 50.0. The molecule has 0 bridgehead atoms. The Hall–Kier alpha value is -4.42. The fourth-order valence-corrected chi connectivity index (χ4v) is 4.89. The van der Waals surface area contributed by atoms with Gasteiger partial charge in [0.1, 0.15) is 17.3 Å². The van der Waals surface area contributed by atoms with Gasteiger partial charge in [0.15, 0.2) is 0 Å². The number of nitrogens with zero attached hydrogens (tertiary/aromatic N) is 5. The first-order chi connectivity index (χ1) is 20.1. The van der Waals surface area contributed by atoms with Gasteiger partial charge in [0.25, 0.3) is 0 Å². The van der Waals surface area contributed by atoms with Gasteiger partial charge in [-0.25, -0.2) is 9.97 Å². The highest BCUT2D eigenvalue weighted by atomic mass is 19.4. The largest absolute Gasteiger partial charge is 0.457 e. The fourth-order valence-electron chi connectivity index (χ4n) is 4.89. The zero-order valence-corrected chi connectivity index (χ0v) is 23.4. The third kappa shape index (κ3) is 6.72. The highest BCUT2D eigenvalue weighted by Gasteiger charge is 2.34. The Bertz CT molecular complexity index is 1590. The number of amides is 1. The molecule has 2 N–H and O–H groups in total. The number of ether oxygens (including phenoxy) is 1. The molecule has 0 radical (unpaired) electrons. The average molecular weight is 580 g/mol. The summed E-state index contributed by atoms with van der Waals surface area (Å²) in [6.45, 7) is 9.90. The van der Waals surface area contributed by atoms with Gasteiger partial charge >= 0.3 is 6.18 Å². The van der Waals surface area contributed by atoms with E-state index >= 15 is 0 Å². The predicted octanol–water partition coefficient (Wildman–Crippen LogP) is 5.79. The maximum atomic E-state index is 14.1. The zero-order valence-electron chi connectivity index (χ0n) is 23.4. The molecule has 0 atom stereocenters. The Morgan fingerprint density at radius 3 is 2.50 bits per heavy atom. The van der Waals surface area contributed by atoms with E-state index in [2.05, 4.69) is 43.9 Å². The number of likely N-dealkylation sites (N-methyl/N-ethyl adjacent to an activating group) is 1. The number of aromatic nitrogens is 3. The summed E-state index contributed by atoms with van der Waals surface area (Å²) in [6, 6.07) is 12.9. The summed E-state index contributed by atoms with van der Waals surface area (Å²) in [5.41, 5.74) is 1.25. The number of hydrogen-bond donors (Lipinski definition) is 2. The normalized spacial score (nSPS) is 14.6. The minimum Gasteiger partial charge on any atom is -0.457 e. The number of halogens is 3. The van der Waals surface area contributed by atoms with Gasteiger partial charge in [-0.3, -0.25) is 9.69 Å². The van der Waals surface area contributed by atoms with E-state index in [1.54, 1.807) is 54.1 Å². The quantitative estimate of drug-likeness (QED) is 0.243. The minimum absolute atomic E-state index is 0.251. The summed E-state index contributed by atoms with van der Waals surface area (Å²) in [7, 11) is 1.77. The highest BCUT2D eigenvalue weighted by molar-refractivity contribution is 5.98. The number of alkyl halides is 3. The molecular weight excluding hydrogens is 547 g/mol. The Morgan fingerprint density at radius 1 is 1.05 bits per heavy atom. The summed E-state index contributed by atoms with van der Waals surface area (Å²) in [5.74, 6) is 1.27. The van der Waals surface area contributed by atoms with E-state index in [0.29, 0.717) is 40.0 Å². The lowest BCUT2D eigenvalue weighted by molar-refractivity contribution is -0.138. The van der Waals surface area contributed by atoms with Crippen molar-refractivity contribution in [2.45, 2.75) is 19.6 Å². The van der Waals surface area contributed by atoms with Crippen LogP contribution in [0.4, 0.5) is 30.6 Å². The fraction of sp³-hybridized carbons (Fsp3) is 0.300. The Balaban J connectivity index is 1.34. The summed E-state index contributed by atoms with van der Waals surface area (Å²) in [5, 5.41) is 5.63. The molecular formula is C30H32F3N7O2. The van der Waals surface area contributed by atoms with Crippen molar-refractivity contribution in [2.75, 3.05) is 43.4 Å². The van der Waals surface area contributed by atoms with Crippen LogP contribution in [0.15, 0.2) is 67.4 Å². The number of carbonyl (C=O) groups is 1. The van der Waals surface area contributed by atoms with Crippen molar-refractivity contribution in [3.8, 4) is 11.5 Å². The second-order valence-electron chi connectivity index (χ2n) is 10.0. The number of anilines is 3. The molecule has 220 valence electrons. The second-order valence-corrected chi connectivity index (χ2v) is 10.0. The number of fused-ring (bicyclic) bond motifs is 1. The van der Waals surface area contributed by atoms with Crippen LogP contribution in [0.25, 0.3) is 11.0 Å². The van der Waals surface area contributed by atoms with Crippen molar-refractivity contribution in [1.82, 2.24) is 24.3 Å². The molecule has 3 heterocycles. The van der Waals surface area contributed by atoms with Gasteiger partial charge in [-0.2, -0.15) is 13.2 Å². The maximum absolute atomic E-state index is 14.1. The van der Waals surface area contributed by atoms with Crippen molar-refractivity contribution in [3.05, 3.63) is 78.5 Å². The summed E-state index contributed by atoms with van der Waals surface area (Å²) >= 11 is 0. The topological polar surface area (TPSA) is 87.5 Å². The lowest BCUT2D eigenvalue weighted by atomic mass is 10.0. The van der Waals surface area contributed by atoms with E-state index in [-0.39, 0.29) is 12.1 Å². The van der Waals surface area contributed by atoms with Gasteiger partial charge in [0.2, 0.25) is 11.9 Å². The number of hydrogen-bond acceptors (Lipinski definition) is 7. The Labute approximate surface area is 241 Å². The molecule has 0 unspecified atom stereocenters. The Morgan fingerprint density at radius 2 is 1.79 bits per heavy atom. The van der Waals surface area contributed by atoms with Gasteiger partial charge in [-0.1, -0.05) is 19.6 Å². The summed E-state index contributed by atoms with van der Waals surface area (Å²) in [4.78, 5) is 24.6. The smallest absolute Gasteiger partial charge is 0.416 e. The molecule has 1 aliphatic rings. The van der Waals surface area contributed by atoms with E-state index in [0.717, 1.165) is 44.9 Å². The van der Waals surface area contributed by atoms with Crippen LogP contribution in [0.3, 0.4) is 0 Å². The van der Waals surface area contributed by atoms with Crippen LogP contribution < -0.4 is 15.4 Å². The molecule has 2 aromatic carbocycles. The van der Waals surface area contributed by atoms with Crippen molar-refractivity contribution in [3.63, 3.8) is 0 Å². The highest BCUT2D eigenvalue weighted by Crippen LogP contribution is 2.36. The lowest BCUT2D eigenvalue weighted by Crippen LogP contribution is -2.45. The monoisotopic (exact) mass is 579 g/mol. The van der Waals surface area contributed by atoms with Crippen LogP contribution >= 0.6 is 0 Å². The number of nitrogens with one attached hydrogen (secondary N) is 2. The number of benzene rings is 2. The second kappa shape index (κ2) is 12.2. The molecule has 42 heavy (non-hydrogen) atoms. The van der Waals surface area contributed by atoms with E-state index in [1.165, 1.54) is 6.20 Å². The standard InChI is InChI=1S/C30H32F3N7O2/c1-4-28(41)37-27-18-23(10-11-34-27)42-22-8-9-25-26(17-22)38(3)29(36-25)35-21-7-6-20(24(16-21)30(31,32)33)19-40-14-12-39(5-2)13-15-40/h4,6-11,16-18H,1,5,12-15,19H2,2-3H3,(H,35,36)(H,34,37,41). The first-order valence-electron chi connectivity index (χ1n) is 13.6. The number of carbonyl (C=O) groups excluding carboxylic acids is 1. The minimum atomic E-state index is -4.49. The molecule has 1 amide bonds. The van der Waals surface area contributed by atoms with Gasteiger partial charge in [0, 0.05) is 63.8 Å². The van der Waals surface area contributed by atoms with Gasteiger partial charge in [-0.05, 0) is 48.5 Å². The van der Waals surface area contributed by atoms with Crippen molar-refractivity contribution >= 4 is 34.4 Å². The molecule has 9 nitrogen and oxygen atoms in total. The van der Waals surface area contributed by atoms with Crippen LogP contribution in [0.2, 0.25) is 0 Å². The molecule has 2 aromatic heterocycles. The molecule has 5 rings (SSSR count). The van der Waals surface area contributed by atoms with Gasteiger partial charge in [0.05, 0.1) is 16.6 Å². The SMILES string of the molecule is C=CC(=O)Nc1cc(Oc2ccc3nc(Nc4ccc(CN5CCN(CC)CC5)c(C(F)(F)F)c4)n(C)c3c2)ccn1. The number of imidazole rings is 1. The van der Waals surface area contributed by atoms with Crippen LogP contribution in [0, 0.1) is 0 Å². The van der Waals surface area contributed by atoms with Crippen molar-refractivity contribution in [1.29, 1.82) is 0 Å². The first-order valence-corrected chi connectivity index (χ1v) is 13.6. The molecule has 0 aliphatic carbocycles. The van der Waals surface area contributed by atoms with Crippen LogP contribution in [-0.2, 0) is 24.6 Å². The number of piperazine rings is 1. The van der Waals surface area contributed by atoms with Crippen LogP contribution in [-0.4, -0.2) is 63.0 Å². The molecule has 12 heteroatoms. The van der Waals surface area contributed by atoms with E-state index < -0.39 is 17.6 Å². The van der Waals surface area contributed by atoms with Crippen LogP contribution in [0.1, 0.15) is 18.1 Å². The molecule has 0 saturated carbocycles. The third-order valence-corrected chi connectivity index (χ3v) is 7.23. The molecule has 1 saturated heterocycles. The van der Waals surface area contributed by atoms with E-state index in [1.807, 2.05) is 0 Å². The molecule has 0 spiro atoms. The zero-order chi connectivity index (χ0) is 29.9. The average Bonchev–Trinajstić information content (AvgIpc) is 3.28.